The highest BCUT2D eigenvalue weighted by molar-refractivity contribution is 5.17. The Morgan fingerprint density at radius 1 is 1.42 bits per heavy atom. The van der Waals surface area contributed by atoms with Crippen LogP contribution in [0.5, 0.6) is 0 Å². The lowest BCUT2D eigenvalue weighted by Crippen LogP contribution is -2.23. The first-order chi connectivity index (χ1) is 5.44. The van der Waals surface area contributed by atoms with Crippen LogP contribution in [0.2, 0.25) is 0 Å². The Balaban J connectivity index is 2.97. The molecule has 1 aromatic heterocycles. The monoisotopic (exact) mass is 166 g/mol. The molecule has 12 heavy (non-hydrogen) atoms. The van der Waals surface area contributed by atoms with Crippen molar-refractivity contribution in [3.8, 4) is 0 Å². The Hall–Kier alpha value is -0.790. The lowest BCUT2D eigenvalue weighted by Gasteiger charge is -2.27. The molecule has 0 fully saturated rings. The molecule has 0 N–H and O–H groups in total. The summed E-state index contributed by atoms with van der Waals surface area (Å²) in [5, 5.41) is 4.18. The minimum Gasteiger partial charge on any atom is -0.276 e. The minimum atomic E-state index is 0.230. The van der Waals surface area contributed by atoms with E-state index in [-0.39, 0.29) is 5.41 Å². The van der Waals surface area contributed by atoms with Crippen LogP contribution in [-0.4, -0.2) is 9.78 Å². The molecule has 2 heteroatoms. The van der Waals surface area contributed by atoms with Gasteiger partial charge in [-0.25, -0.2) is 0 Å². The van der Waals surface area contributed by atoms with E-state index in [0.717, 1.165) is 0 Å². The first-order valence-electron chi connectivity index (χ1n) is 4.43. The first kappa shape index (κ1) is 9.30. The Morgan fingerprint density at radius 3 is 2.33 bits per heavy atom. The topological polar surface area (TPSA) is 17.8 Å². The van der Waals surface area contributed by atoms with Crippen LogP contribution >= 0.6 is 0 Å². The first-order valence-corrected chi connectivity index (χ1v) is 4.43. The molecular weight excluding hydrogens is 148 g/mol. The summed E-state index contributed by atoms with van der Waals surface area (Å²) < 4.78 is 1.86. The average molecular weight is 166 g/mol. The Morgan fingerprint density at radius 2 is 2.00 bits per heavy atom. The molecule has 68 valence electrons. The molecule has 0 unspecified atom stereocenters. The van der Waals surface area contributed by atoms with Crippen LogP contribution in [0.15, 0.2) is 12.4 Å². The van der Waals surface area contributed by atoms with Crippen LogP contribution in [0, 0.1) is 5.92 Å². The van der Waals surface area contributed by atoms with E-state index in [1.54, 1.807) is 0 Å². The lowest BCUT2D eigenvalue weighted by molar-refractivity contribution is 0.372. The van der Waals surface area contributed by atoms with Gasteiger partial charge in [0.05, 0.1) is 6.20 Å². The maximum atomic E-state index is 4.18. The molecule has 0 bridgehead atoms. The highest BCUT2D eigenvalue weighted by Crippen LogP contribution is 2.30. The van der Waals surface area contributed by atoms with E-state index >= 15 is 0 Å². The molecule has 0 aromatic carbocycles. The van der Waals surface area contributed by atoms with Gasteiger partial charge in [-0.1, -0.05) is 27.7 Å². The molecule has 0 amide bonds. The Bertz CT molecular complexity index is 259. The zero-order valence-electron chi connectivity index (χ0n) is 8.63. The quantitative estimate of drug-likeness (QED) is 0.659. The van der Waals surface area contributed by atoms with Gasteiger partial charge in [0.25, 0.3) is 0 Å². The van der Waals surface area contributed by atoms with Gasteiger partial charge in [-0.15, -0.1) is 0 Å². The van der Waals surface area contributed by atoms with Crippen molar-refractivity contribution >= 4 is 0 Å². The average Bonchev–Trinajstić information content (AvgIpc) is 2.35. The molecular formula is C10H18N2. The van der Waals surface area contributed by atoms with Crippen molar-refractivity contribution in [2.75, 3.05) is 0 Å². The molecule has 0 saturated heterocycles. The smallest absolute Gasteiger partial charge is 0.0527 e. The highest BCUT2D eigenvalue weighted by atomic mass is 15.2. The number of rotatable bonds is 2. The van der Waals surface area contributed by atoms with Crippen LogP contribution in [-0.2, 0) is 12.5 Å². The van der Waals surface area contributed by atoms with Gasteiger partial charge < -0.3 is 0 Å². The zero-order valence-corrected chi connectivity index (χ0v) is 8.63. The molecule has 0 aliphatic carbocycles. The number of hydrogen-bond donors (Lipinski definition) is 0. The predicted molar refractivity (Wildman–Crippen MR) is 51.1 cm³/mol. The van der Waals surface area contributed by atoms with Crippen molar-refractivity contribution in [2.24, 2.45) is 13.0 Å². The molecule has 0 spiro atoms. The van der Waals surface area contributed by atoms with Crippen molar-refractivity contribution in [2.45, 2.75) is 33.1 Å². The SMILES string of the molecule is CC(C)C(C)(C)c1cnn(C)c1. The number of nitrogens with zero attached hydrogens (tertiary/aromatic N) is 2. The molecule has 0 aliphatic rings. The summed E-state index contributed by atoms with van der Waals surface area (Å²) in [5.41, 5.74) is 1.55. The van der Waals surface area contributed by atoms with E-state index in [2.05, 4.69) is 39.0 Å². The van der Waals surface area contributed by atoms with E-state index in [1.165, 1.54) is 5.56 Å². The van der Waals surface area contributed by atoms with Gasteiger partial charge in [0.2, 0.25) is 0 Å². The van der Waals surface area contributed by atoms with E-state index in [9.17, 15) is 0 Å². The number of hydrogen-bond acceptors (Lipinski definition) is 1. The molecule has 1 rings (SSSR count). The molecule has 2 nitrogen and oxygen atoms in total. The summed E-state index contributed by atoms with van der Waals surface area (Å²) in [4.78, 5) is 0. The van der Waals surface area contributed by atoms with Crippen molar-refractivity contribution in [3.05, 3.63) is 18.0 Å². The fourth-order valence-corrected chi connectivity index (χ4v) is 1.09. The van der Waals surface area contributed by atoms with Crippen LogP contribution in [0.25, 0.3) is 0 Å². The van der Waals surface area contributed by atoms with Crippen LogP contribution in [0.4, 0.5) is 0 Å². The molecule has 0 saturated carbocycles. The number of aryl methyl sites for hydroxylation is 1. The van der Waals surface area contributed by atoms with Crippen molar-refractivity contribution in [1.29, 1.82) is 0 Å². The Kier molecular flexibility index (Phi) is 2.27. The highest BCUT2D eigenvalue weighted by Gasteiger charge is 2.25. The van der Waals surface area contributed by atoms with E-state index in [0.29, 0.717) is 5.92 Å². The summed E-state index contributed by atoms with van der Waals surface area (Å²) in [6.07, 6.45) is 4.06. The molecule has 0 aliphatic heterocycles. The minimum absolute atomic E-state index is 0.230. The van der Waals surface area contributed by atoms with Gasteiger partial charge in [0.15, 0.2) is 0 Å². The zero-order chi connectivity index (χ0) is 9.35. The summed E-state index contributed by atoms with van der Waals surface area (Å²) in [6, 6.07) is 0. The fourth-order valence-electron chi connectivity index (χ4n) is 1.09. The van der Waals surface area contributed by atoms with Gasteiger partial charge in [0.1, 0.15) is 0 Å². The lowest BCUT2D eigenvalue weighted by atomic mass is 9.77. The van der Waals surface area contributed by atoms with Gasteiger partial charge >= 0.3 is 0 Å². The summed E-state index contributed by atoms with van der Waals surface area (Å²) in [6.45, 7) is 9.00. The number of aromatic nitrogens is 2. The van der Waals surface area contributed by atoms with Crippen molar-refractivity contribution < 1.29 is 0 Å². The standard InChI is InChI=1S/C10H18N2/c1-8(2)10(3,4)9-6-11-12(5)7-9/h6-8H,1-5H3. The van der Waals surface area contributed by atoms with Gasteiger partial charge in [0, 0.05) is 13.2 Å². The maximum Gasteiger partial charge on any atom is 0.0527 e. The van der Waals surface area contributed by atoms with Crippen molar-refractivity contribution in [1.82, 2.24) is 9.78 Å². The van der Waals surface area contributed by atoms with Gasteiger partial charge in [-0.2, -0.15) is 5.10 Å². The van der Waals surface area contributed by atoms with Crippen LogP contribution < -0.4 is 0 Å². The largest absolute Gasteiger partial charge is 0.276 e. The molecule has 1 aromatic rings. The van der Waals surface area contributed by atoms with Crippen LogP contribution in [0.3, 0.4) is 0 Å². The summed E-state index contributed by atoms with van der Waals surface area (Å²) in [7, 11) is 1.96. The third-order valence-electron chi connectivity index (χ3n) is 2.89. The Labute approximate surface area is 74.6 Å². The van der Waals surface area contributed by atoms with Crippen molar-refractivity contribution in [3.63, 3.8) is 0 Å². The van der Waals surface area contributed by atoms with E-state index < -0.39 is 0 Å². The second kappa shape index (κ2) is 2.92. The normalized spacial score (nSPS) is 12.5. The third kappa shape index (κ3) is 1.52. The molecule has 0 radical (unpaired) electrons. The second-order valence-electron chi connectivity index (χ2n) is 4.28. The summed E-state index contributed by atoms with van der Waals surface area (Å²) >= 11 is 0. The fraction of sp³-hybridized carbons (Fsp3) is 0.700. The maximum absolute atomic E-state index is 4.18. The van der Waals surface area contributed by atoms with Crippen LogP contribution in [0.1, 0.15) is 33.3 Å². The third-order valence-corrected chi connectivity index (χ3v) is 2.89. The van der Waals surface area contributed by atoms with E-state index in [4.69, 9.17) is 0 Å². The van der Waals surface area contributed by atoms with E-state index in [1.807, 2.05) is 17.9 Å². The predicted octanol–water partition coefficient (Wildman–Crippen LogP) is 2.35. The second-order valence-corrected chi connectivity index (χ2v) is 4.28. The van der Waals surface area contributed by atoms with Gasteiger partial charge in [-0.05, 0) is 16.9 Å². The summed E-state index contributed by atoms with van der Waals surface area (Å²) in [5.74, 6) is 0.640. The molecule has 0 atom stereocenters. The molecule has 1 heterocycles. The van der Waals surface area contributed by atoms with Gasteiger partial charge in [-0.3, -0.25) is 4.68 Å².